The Hall–Kier alpha value is -1.55. The van der Waals surface area contributed by atoms with Gasteiger partial charge in [0.2, 0.25) is 5.91 Å². The first-order valence-electron chi connectivity index (χ1n) is 11.3. The molecule has 1 aromatic rings. The van der Waals surface area contributed by atoms with Crippen LogP contribution in [-0.2, 0) is 16.1 Å². The van der Waals surface area contributed by atoms with Crippen LogP contribution in [0.5, 0.6) is 5.75 Å². The number of hydrogen-bond acceptors (Lipinski definition) is 4. The van der Waals surface area contributed by atoms with E-state index in [-0.39, 0.29) is 29.9 Å². The minimum absolute atomic E-state index is 0. The van der Waals surface area contributed by atoms with E-state index in [1.807, 2.05) is 30.1 Å². The lowest BCUT2D eigenvalue weighted by atomic mass is 9.95. The van der Waals surface area contributed by atoms with Crippen LogP contribution in [0.4, 0.5) is 0 Å². The Morgan fingerprint density at radius 1 is 1.10 bits per heavy atom. The van der Waals surface area contributed by atoms with Crippen molar-refractivity contribution in [1.29, 1.82) is 0 Å². The van der Waals surface area contributed by atoms with Gasteiger partial charge >= 0.3 is 0 Å². The number of para-hydroxylation sites is 1. The summed E-state index contributed by atoms with van der Waals surface area (Å²) in [5.74, 6) is 3.00. The van der Waals surface area contributed by atoms with E-state index < -0.39 is 0 Å². The second-order valence-electron chi connectivity index (χ2n) is 8.46. The third kappa shape index (κ3) is 6.71. The first-order chi connectivity index (χ1) is 14.7. The van der Waals surface area contributed by atoms with Crippen molar-refractivity contribution in [2.45, 2.75) is 32.2 Å². The van der Waals surface area contributed by atoms with Crippen molar-refractivity contribution < 1.29 is 14.3 Å². The summed E-state index contributed by atoms with van der Waals surface area (Å²) in [5, 5.41) is 3.49. The fraction of sp³-hybridized carbons (Fsp3) is 0.652. The summed E-state index contributed by atoms with van der Waals surface area (Å²) in [6.45, 7) is 5.96. The Balaban J connectivity index is 0.00000272. The van der Waals surface area contributed by atoms with Crippen molar-refractivity contribution in [3.63, 3.8) is 0 Å². The second-order valence-corrected chi connectivity index (χ2v) is 8.46. The Morgan fingerprint density at radius 2 is 1.81 bits per heavy atom. The maximum atomic E-state index is 12.8. The van der Waals surface area contributed by atoms with E-state index in [0.717, 1.165) is 68.8 Å². The number of nitrogens with zero attached hydrogens (tertiary/aromatic N) is 3. The number of guanidine groups is 1. The number of nitrogens with one attached hydrogen (secondary N) is 1. The molecule has 2 aliphatic heterocycles. The molecule has 3 fully saturated rings. The number of aliphatic imine (C=N–C) groups is 1. The smallest absolute Gasteiger partial charge is 0.225 e. The Labute approximate surface area is 202 Å². The molecule has 0 bridgehead atoms. The number of carbonyl (C=O) groups is 1. The fourth-order valence-corrected chi connectivity index (χ4v) is 4.17. The summed E-state index contributed by atoms with van der Waals surface area (Å²) in [6.07, 6.45) is 4.32. The van der Waals surface area contributed by atoms with Crippen molar-refractivity contribution in [2.24, 2.45) is 16.8 Å². The number of hydrogen-bond donors (Lipinski definition) is 1. The number of likely N-dealkylation sites (tertiary alicyclic amines) is 1. The van der Waals surface area contributed by atoms with Crippen LogP contribution in [0.3, 0.4) is 0 Å². The number of halogens is 1. The molecular formula is C23H35IN4O3. The standard InChI is InChI=1S/C23H34N4O3.HI/c1-24-23(25-16-20-4-2-3-5-21(20)30-17-18-6-7-18)27-10-8-19(9-11-27)22(28)26-12-14-29-15-13-26;/h2-5,18-19H,6-17H2,1H3,(H,24,25);1H. The molecule has 0 aromatic heterocycles. The molecular weight excluding hydrogens is 507 g/mol. The number of rotatable bonds is 6. The highest BCUT2D eigenvalue weighted by atomic mass is 127. The van der Waals surface area contributed by atoms with Gasteiger partial charge in [0.05, 0.1) is 19.8 Å². The van der Waals surface area contributed by atoms with E-state index in [9.17, 15) is 4.79 Å². The van der Waals surface area contributed by atoms with Crippen LogP contribution in [0, 0.1) is 11.8 Å². The van der Waals surface area contributed by atoms with Crippen molar-refractivity contribution in [1.82, 2.24) is 15.1 Å². The third-order valence-electron chi connectivity index (χ3n) is 6.26. The van der Waals surface area contributed by atoms with Crippen molar-refractivity contribution in [2.75, 3.05) is 53.0 Å². The fourth-order valence-electron chi connectivity index (χ4n) is 4.17. The van der Waals surface area contributed by atoms with Crippen LogP contribution >= 0.6 is 24.0 Å². The second kappa shape index (κ2) is 11.9. The Morgan fingerprint density at radius 3 is 2.48 bits per heavy atom. The molecule has 3 aliphatic rings. The van der Waals surface area contributed by atoms with Gasteiger partial charge in [-0.2, -0.15) is 0 Å². The van der Waals surface area contributed by atoms with Gasteiger partial charge in [0, 0.05) is 51.3 Å². The number of amides is 1. The van der Waals surface area contributed by atoms with Gasteiger partial charge in [-0.05, 0) is 37.7 Å². The highest BCUT2D eigenvalue weighted by Crippen LogP contribution is 2.30. The van der Waals surface area contributed by atoms with E-state index in [1.165, 1.54) is 12.8 Å². The van der Waals surface area contributed by atoms with Crippen LogP contribution in [0.2, 0.25) is 0 Å². The zero-order valence-corrected chi connectivity index (χ0v) is 20.8. The van der Waals surface area contributed by atoms with Crippen molar-refractivity contribution in [3.8, 4) is 5.75 Å². The van der Waals surface area contributed by atoms with Gasteiger partial charge < -0.3 is 24.6 Å². The molecule has 1 amide bonds. The van der Waals surface area contributed by atoms with E-state index in [0.29, 0.717) is 25.7 Å². The highest BCUT2D eigenvalue weighted by Gasteiger charge is 2.30. The molecule has 0 unspecified atom stereocenters. The summed E-state index contributed by atoms with van der Waals surface area (Å²) < 4.78 is 11.4. The molecule has 31 heavy (non-hydrogen) atoms. The van der Waals surface area contributed by atoms with Crippen LogP contribution in [0.15, 0.2) is 29.3 Å². The quantitative estimate of drug-likeness (QED) is 0.341. The lowest BCUT2D eigenvalue weighted by Crippen LogP contribution is -2.49. The van der Waals surface area contributed by atoms with E-state index in [1.54, 1.807) is 0 Å². The van der Waals surface area contributed by atoms with E-state index in [4.69, 9.17) is 9.47 Å². The molecule has 7 nitrogen and oxygen atoms in total. The molecule has 1 N–H and O–H groups in total. The van der Waals surface area contributed by atoms with Crippen LogP contribution < -0.4 is 10.1 Å². The lowest BCUT2D eigenvalue weighted by molar-refractivity contribution is -0.140. The van der Waals surface area contributed by atoms with Crippen LogP contribution in [0.25, 0.3) is 0 Å². The average molecular weight is 542 g/mol. The van der Waals surface area contributed by atoms with E-state index in [2.05, 4.69) is 21.3 Å². The molecule has 2 heterocycles. The van der Waals surface area contributed by atoms with Gasteiger partial charge in [-0.25, -0.2) is 0 Å². The molecule has 1 aliphatic carbocycles. The van der Waals surface area contributed by atoms with Gasteiger partial charge in [0.1, 0.15) is 5.75 Å². The number of ether oxygens (including phenoxy) is 2. The topological polar surface area (TPSA) is 66.4 Å². The third-order valence-corrected chi connectivity index (χ3v) is 6.26. The summed E-state index contributed by atoms with van der Waals surface area (Å²) in [4.78, 5) is 21.5. The molecule has 0 radical (unpaired) electrons. The summed E-state index contributed by atoms with van der Waals surface area (Å²) >= 11 is 0. The Bertz CT molecular complexity index is 742. The lowest BCUT2D eigenvalue weighted by Gasteiger charge is -2.36. The predicted molar refractivity (Wildman–Crippen MR) is 132 cm³/mol. The molecule has 1 saturated carbocycles. The number of morpholine rings is 1. The van der Waals surface area contributed by atoms with Gasteiger partial charge in [0.15, 0.2) is 5.96 Å². The first-order valence-corrected chi connectivity index (χ1v) is 11.3. The minimum Gasteiger partial charge on any atom is -0.493 e. The zero-order valence-electron chi connectivity index (χ0n) is 18.4. The number of benzene rings is 1. The van der Waals surface area contributed by atoms with Gasteiger partial charge in [-0.15, -0.1) is 24.0 Å². The molecule has 0 atom stereocenters. The summed E-state index contributed by atoms with van der Waals surface area (Å²) in [7, 11) is 1.82. The zero-order chi connectivity index (χ0) is 20.8. The monoisotopic (exact) mass is 542 g/mol. The molecule has 0 spiro atoms. The molecule has 1 aromatic carbocycles. The SMILES string of the molecule is CN=C(NCc1ccccc1OCC1CC1)N1CCC(C(=O)N2CCOCC2)CC1.I. The van der Waals surface area contributed by atoms with Crippen molar-refractivity contribution in [3.05, 3.63) is 29.8 Å². The first kappa shape index (κ1) is 24.1. The van der Waals surface area contributed by atoms with E-state index >= 15 is 0 Å². The van der Waals surface area contributed by atoms with Gasteiger partial charge in [-0.1, -0.05) is 18.2 Å². The summed E-state index contributed by atoms with van der Waals surface area (Å²) in [6, 6.07) is 8.23. The molecule has 4 rings (SSSR count). The van der Waals surface area contributed by atoms with Gasteiger partial charge in [-0.3, -0.25) is 9.79 Å². The molecule has 8 heteroatoms. The maximum Gasteiger partial charge on any atom is 0.225 e. The van der Waals surface area contributed by atoms with Crippen LogP contribution in [0.1, 0.15) is 31.2 Å². The molecule has 2 saturated heterocycles. The summed E-state index contributed by atoms with van der Waals surface area (Å²) in [5.41, 5.74) is 1.15. The maximum absolute atomic E-state index is 12.8. The number of piperidine rings is 1. The molecule has 172 valence electrons. The normalized spacial score (nSPS) is 20.2. The number of carbonyl (C=O) groups excluding carboxylic acids is 1. The van der Waals surface area contributed by atoms with Crippen LogP contribution in [-0.4, -0.2) is 74.7 Å². The van der Waals surface area contributed by atoms with Gasteiger partial charge in [0.25, 0.3) is 0 Å². The Kier molecular flexibility index (Phi) is 9.25. The highest BCUT2D eigenvalue weighted by molar-refractivity contribution is 14.0. The minimum atomic E-state index is 0. The van der Waals surface area contributed by atoms with Crippen molar-refractivity contribution >= 4 is 35.8 Å². The average Bonchev–Trinajstić information content (AvgIpc) is 3.64. The largest absolute Gasteiger partial charge is 0.493 e. The predicted octanol–water partition coefficient (Wildman–Crippen LogP) is 2.74.